The van der Waals surface area contributed by atoms with Crippen molar-refractivity contribution >= 4 is 23.1 Å². The molecule has 0 aliphatic heterocycles. The maximum absolute atomic E-state index is 11.8. The Kier molecular flexibility index (Phi) is 4.11. The van der Waals surface area contributed by atoms with Crippen molar-refractivity contribution in [3.8, 4) is 0 Å². The summed E-state index contributed by atoms with van der Waals surface area (Å²) >= 11 is 0. The first kappa shape index (κ1) is 15.2. The quantitative estimate of drug-likeness (QED) is 0.795. The number of hydrogen-bond acceptors (Lipinski definition) is 3. The Morgan fingerprint density at radius 1 is 0.957 bits per heavy atom. The van der Waals surface area contributed by atoms with Crippen LogP contribution in [-0.2, 0) is 14.3 Å². The van der Waals surface area contributed by atoms with E-state index in [0.717, 1.165) is 22.3 Å². The van der Waals surface area contributed by atoms with Crippen molar-refractivity contribution in [2.45, 2.75) is 26.2 Å². The van der Waals surface area contributed by atoms with Gasteiger partial charge in [-0.1, -0.05) is 54.6 Å². The first-order valence-electron chi connectivity index (χ1n) is 7.64. The molecular formula is C20H18O3. The summed E-state index contributed by atoms with van der Waals surface area (Å²) in [6.07, 6.45) is 0.395. The molecule has 3 heteroatoms. The highest BCUT2D eigenvalue weighted by Crippen LogP contribution is 2.49. The third-order valence-corrected chi connectivity index (χ3v) is 4.00. The Morgan fingerprint density at radius 3 is 2.26 bits per heavy atom. The van der Waals surface area contributed by atoms with Crippen LogP contribution in [-0.4, -0.2) is 11.8 Å². The van der Waals surface area contributed by atoms with Crippen LogP contribution in [0.4, 0.5) is 0 Å². The fourth-order valence-corrected chi connectivity index (χ4v) is 3.17. The fourth-order valence-electron chi connectivity index (χ4n) is 3.17. The topological polar surface area (TPSA) is 43.4 Å². The molecule has 0 amide bonds. The SMILES string of the molecule is CC(=O)CC1C(c2ccccc2)=C(OC(C)=O)c2ccccc21. The van der Waals surface area contributed by atoms with E-state index in [1.54, 1.807) is 6.92 Å². The van der Waals surface area contributed by atoms with Crippen molar-refractivity contribution in [3.05, 3.63) is 71.3 Å². The molecule has 1 aliphatic carbocycles. The highest BCUT2D eigenvalue weighted by molar-refractivity contribution is 6.01. The molecule has 23 heavy (non-hydrogen) atoms. The van der Waals surface area contributed by atoms with Crippen molar-refractivity contribution in [2.75, 3.05) is 0 Å². The summed E-state index contributed by atoms with van der Waals surface area (Å²) < 4.78 is 5.55. The second-order valence-electron chi connectivity index (χ2n) is 5.75. The van der Waals surface area contributed by atoms with Crippen molar-refractivity contribution in [3.63, 3.8) is 0 Å². The zero-order valence-corrected chi connectivity index (χ0v) is 13.2. The smallest absolute Gasteiger partial charge is 0.308 e. The Labute approximate surface area is 135 Å². The van der Waals surface area contributed by atoms with E-state index in [2.05, 4.69) is 0 Å². The number of benzene rings is 2. The highest BCUT2D eigenvalue weighted by Gasteiger charge is 2.34. The number of carbonyl (C=O) groups is 2. The maximum Gasteiger partial charge on any atom is 0.308 e. The van der Waals surface area contributed by atoms with Crippen LogP contribution in [0.15, 0.2) is 54.6 Å². The molecule has 0 spiro atoms. The zero-order valence-electron chi connectivity index (χ0n) is 13.2. The van der Waals surface area contributed by atoms with Gasteiger partial charge in [0.15, 0.2) is 0 Å². The van der Waals surface area contributed by atoms with Gasteiger partial charge in [-0.3, -0.25) is 9.59 Å². The third-order valence-electron chi connectivity index (χ3n) is 4.00. The maximum atomic E-state index is 11.8. The van der Waals surface area contributed by atoms with E-state index in [1.165, 1.54) is 6.92 Å². The molecule has 116 valence electrons. The molecule has 0 saturated carbocycles. The van der Waals surface area contributed by atoms with Gasteiger partial charge in [0.25, 0.3) is 0 Å². The number of fused-ring (bicyclic) bond motifs is 1. The van der Waals surface area contributed by atoms with Gasteiger partial charge < -0.3 is 4.74 Å². The van der Waals surface area contributed by atoms with Gasteiger partial charge in [0.2, 0.25) is 0 Å². The average Bonchev–Trinajstić information content (AvgIpc) is 2.81. The molecule has 0 fully saturated rings. The predicted octanol–water partition coefficient (Wildman–Crippen LogP) is 4.19. The van der Waals surface area contributed by atoms with E-state index < -0.39 is 0 Å². The number of ether oxygens (including phenoxy) is 1. The normalized spacial score (nSPS) is 16.2. The monoisotopic (exact) mass is 306 g/mol. The Bertz CT molecular complexity index is 788. The summed E-state index contributed by atoms with van der Waals surface area (Å²) in [6, 6.07) is 17.6. The molecule has 0 heterocycles. The van der Waals surface area contributed by atoms with Gasteiger partial charge in [-0.15, -0.1) is 0 Å². The second kappa shape index (κ2) is 6.21. The van der Waals surface area contributed by atoms with Crippen LogP contribution in [0.3, 0.4) is 0 Å². The summed E-state index contributed by atoms with van der Waals surface area (Å²) in [5.74, 6) is 0.250. The number of hydrogen-bond donors (Lipinski definition) is 0. The van der Waals surface area contributed by atoms with Crippen LogP contribution in [0.1, 0.15) is 42.9 Å². The van der Waals surface area contributed by atoms with Gasteiger partial charge in [-0.25, -0.2) is 0 Å². The molecular weight excluding hydrogens is 288 g/mol. The predicted molar refractivity (Wildman–Crippen MR) is 89.5 cm³/mol. The Morgan fingerprint density at radius 2 is 1.61 bits per heavy atom. The van der Waals surface area contributed by atoms with Gasteiger partial charge in [-0.05, 0) is 18.1 Å². The van der Waals surface area contributed by atoms with Gasteiger partial charge in [-0.2, -0.15) is 0 Å². The molecule has 2 aromatic rings. The molecule has 1 unspecified atom stereocenters. The molecule has 0 bridgehead atoms. The molecule has 2 aromatic carbocycles. The molecule has 1 aliphatic rings. The number of esters is 1. The lowest BCUT2D eigenvalue weighted by Gasteiger charge is -2.15. The van der Waals surface area contributed by atoms with E-state index >= 15 is 0 Å². The standard InChI is InChI=1S/C20H18O3/c1-13(21)12-18-16-10-6-7-11-17(16)20(23-14(2)22)19(18)15-8-4-3-5-9-15/h3-11,18H,12H2,1-2H3. The lowest BCUT2D eigenvalue weighted by Crippen LogP contribution is -2.05. The number of ketones is 1. The molecule has 0 radical (unpaired) electrons. The van der Waals surface area contributed by atoms with E-state index in [4.69, 9.17) is 4.74 Å². The summed E-state index contributed by atoms with van der Waals surface area (Å²) in [6.45, 7) is 2.99. The Balaban J connectivity index is 2.22. The number of Topliss-reactive ketones (excluding diaryl/α,β-unsaturated/α-hetero) is 1. The van der Waals surface area contributed by atoms with Crippen LogP contribution in [0.25, 0.3) is 11.3 Å². The van der Waals surface area contributed by atoms with Crippen LogP contribution >= 0.6 is 0 Å². The van der Waals surface area contributed by atoms with Crippen molar-refractivity contribution in [1.29, 1.82) is 0 Å². The van der Waals surface area contributed by atoms with Crippen LogP contribution < -0.4 is 0 Å². The second-order valence-corrected chi connectivity index (χ2v) is 5.75. The van der Waals surface area contributed by atoms with E-state index in [1.807, 2.05) is 54.6 Å². The number of allylic oxidation sites excluding steroid dienone is 1. The molecule has 0 saturated heterocycles. The number of rotatable bonds is 4. The minimum Gasteiger partial charge on any atom is -0.426 e. The molecule has 3 rings (SSSR count). The average molecular weight is 306 g/mol. The zero-order chi connectivity index (χ0) is 16.4. The fraction of sp³-hybridized carbons (Fsp3) is 0.200. The summed E-state index contributed by atoms with van der Waals surface area (Å²) in [4.78, 5) is 23.4. The Hall–Kier alpha value is -2.68. The lowest BCUT2D eigenvalue weighted by atomic mass is 9.87. The first-order valence-corrected chi connectivity index (χ1v) is 7.64. The minimum absolute atomic E-state index is 0.0829. The third kappa shape index (κ3) is 2.95. The number of carbonyl (C=O) groups excluding carboxylic acids is 2. The largest absolute Gasteiger partial charge is 0.426 e. The van der Waals surface area contributed by atoms with Gasteiger partial charge >= 0.3 is 5.97 Å². The van der Waals surface area contributed by atoms with Crippen LogP contribution in [0.2, 0.25) is 0 Å². The van der Waals surface area contributed by atoms with Crippen molar-refractivity contribution in [1.82, 2.24) is 0 Å². The molecule has 3 nitrogen and oxygen atoms in total. The first-order chi connectivity index (χ1) is 11.1. The van der Waals surface area contributed by atoms with Crippen molar-refractivity contribution < 1.29 is 14.3 Å². The summed E-state index contributed by atoms with van der Waals surface area (Å²) in [5, 5.41) is 0. The van der Waals surface area contributed by atoms with Crippen LogP contribution in [0.5, 0.6) is 0 Å². The van der Waals surface area contributed by atoms with Gasteiger partial charge in [0.1, 0.15) is 11.5 Å². The van der Waals surface area contributed by atoms with E-state index in [-0.39, 0.29) is 17.7 Å². The van der Waals surface area contributed by atoms with Crippen LogP contribution in [0, 0.1) is 0 Å². The molecule has 0 aromatic heterocycles. The van der Waals surface area contributed by atoms with Gasteiger partial charge in [0, 0.05) is 30.4 Å². The highest BCUT2D eigenvalue weighted by atomic mass is 16.5. The summed E-state index contributed by atoms with van der Waals surface area (Å²) in [7, 11) is 0. The van der Waals surface area contributed by atoms with Crippen molar-refractivity contribution in [2.24, 2.45) is 0 Å². The van der Waals surface area contributed by atoms with E-state index in [0.29, 0.717) is 12.2 Å². The lowest BCUT2D eigenvalue weighted by molar-refractivity contribution is -0.134. The minimum atomic E-state index is -0.355. The summed E-state index contributed by atoms with van der Waals surface area (Å²) in [5.41, 5.74) is 3.83. The van der Waals surface area contributed by atoms with E-state index in [9.17, 15) is 9.59 Å². The molecule has 1 atom stereocenters. The van der Waals surface area contributed by atoms with Gasteiger partial charge in [0.05, 0.1) is 0 Å². The molecule has 0 N–H and O–H groups in total.